The summed E-state index contributed by atoms with van der Waals surface area (Å²) in [7, 11) is 0. The maximum atomic E-state index is 12.7. The highest BCUT2D eigenvalue weighted by Crippen LogP contribution is 2.19. The third-order valence-electron chi connectivity index (χ3n) is 3.97. The van der Waals surface area contributed by atoms with Crippen LogP contribution in [0.4, 0.5) is 0 Å². The van der Waals surface area contributed by atoms with Crippen LogP contribution in [0.3, 0.4) is 0 Å². The molecule has 134 valence electrons. The van der Waals surface area contributed by atoms with Crippen molar-refractivity contribution in [3.05, 3.63) is 87.4 Å². The van der Waals surface area contributed by atoms with Crippen LogP contribution in [0.1, 0.15) is 10.4 Å². The average Bonchev–Trinajstić information content (AvgIpc) is 3.11. The molecule has 4 rings (SSSR count). The van der Waals surface area contributed by atoms with E-state index in [9.17, 15) is 9.59 Å². The predicted octanol–water partition coefficient (Wildman–Crippen LogP) is 3.62. The fourth-order valence-corrected chi connectivity index (χ4v) is 3.68. The van der Waals surface area contributed by atoms with Gasteiger partial charge in [0, 0.05) is 28.1 Å². The number of aromatic nitrogens is 4. The van der Waals surface area contributed by atoms with Crippen molar-refractivity contribution in [3.63, 3.8) is 0 Å². The Morgan fingerprint density at radius 2 is 1.74 bits per heavy atom. The minimum absolute atomic E-state index is 0.0122. The monoisotopic (exact) mass is 440 g/mol. The van der Waals surface area contributed by atoms with Gasteiger partial charge in [0.1, 0.15) is 0 Å². The number of nitrogens with zero attached hydrogens (tertiary/aromatic N) is 4. The first kappa shape index (κ1) is 17.7. The number of ketones is 1. The van der Waals surface area contributed by atoms with Crippen molar-refractivity contribution < 1.29 is 4.79 Å². The van der Waals surface area contributed by atoms with Gasteiger partial charge in [-0.05, 0) is 24.3 Å². The molecular formula is C19H13BrN4O2S. The zero-order valence-electron chi connectivity index (χ0n) is 13.9. The number of carbonyl (C=O) groups excluding carboxylic acids is 1. The zero-order chi connectivity index (χ0) is 18.8. The second-order valence-corrected chi connectivity index (χ2v) is 7.56. The Labute approximate surface area is 167 Å². The Hall–Kier alpha value is -2.71. The van der Waals surface area contributed by atoms with E-state index in [0.29, 0.717) is 10.7 Å². The molecular weight excluding hydrogens is 428 g/mol. The summed E-state index contributed by atoms with van der Waals surface area (Å²) < 4.78 is 4.05. The van der Waals surface area contributed by atoms with Gasteiger partial charge in [0.15, 0.2) is 10.9 Å². The Bertz CT molecular complexity index is 1170. The minimum atomic E-state index is -0.262. The summed E-state index contributed by atoms with van der Waals surface area (Å²) in [6.07, 6.45) is 3.41. The molecule has 0 aliphatic heterocycles. The molecule has 2 heterocycles. The van der Waals surface area contributed by atoms with E-state index >= 15 is 0 Å². The Kier molecular flexibility index (Phi) is 4.91. The SMILES string of the molecule is O=C(CSc1nnc2c(=O)n(-c3ccccc3)ccn12)c1ccc(Br)cc1. The van der Waals surface area contributed by atoms with Crippen LogP contribution in [0.25, 0.3) is 11.3 Å². The van der Waals surface area contributed by atoms with Gasteiger partial charge in [-0.3, -0.25) is 18.6 Å². The number of para-hydroxylation sites is 1. The van der Waals surface area contributed by atoms with Crippen LogP contribution >= 0.6 is 27.7 Å². The number of hydrogen-bond acceptors (Lipinski definition) is 5. The number of benzene rings is 2. The molecule has 0 saturated carbocycles. The molecule has 0 bridgehead atoms. The van der Waals surface area contributed by atoms with Crippen LogP contribution in [-0.4, -0.2) is 30.7 Å². The van der Waals surface area contributed by atoms with Crippen LogP contribution < -0.4 is 5.56 Å². The fourth-order valence-electron chi connectivity index (χ4n) is 2.61. The number of thioether (sulfide) groups is 1. The van der Waals surface area contributed by atoms with E-state index in [0.717, 1.165) is 10.2 Å². The predicted molar refractivity (Wildman–Crippen MR) is 108 cm³/mol. The highest BCUT2D eigenvalue weighted by Gasteiger charge is 2.14. The van der Waals surface area contributed by atoms with Crippen LogP contribution in [-0.2, 0) is 0 Å². The van der Waals surface area contributed by atoms with Crippen molar-refractivity contribution in [2.75, 3.05) is 5.75 Å². The molecule has 2 aromatic carbocycles. The molecule has 0 unspecified atom stereocenters. The van der Waals surface area contributed by atoms with E-state index in [4.69, 9.17) is 0 Å². The third kappa shape index (κ3) is 3.58. The van der Waals surface area contributed by atoms with Gasteiger partial charge in [-0.25, -0.2) is 0 Å². The smallest absolute Gasteiger partial charge is 0.293 e. The van der Waals surface area contributed by atoms with E-state index < -0.39 is 0 Å². The van der Waals surface area contributed by atoms with Gasteiger partial charge in [0.25, 0.3) is 0 Å². The van der Waals surface area contributed by atoms with E-state index in [2.05, 4.69) is 26.1 Å². The lowest BCUT2D eigenvalue weighted by Gasteiger charge is -2.06. The van der Waals surface area contributed by atoms with E-state index in [1.165, 1.54) is 16.3 Å². The lowest BCUT2D eigenvalue weighted by molar-refractivity contribution is 0.102. The number of carbonyl (C=O) groups is 1. The number of Topliss-reactive ketones (excluding diaryl/α,β-unsaturated/α-hetero) is 1. The van der Waals surface area contributed by atoms with Crippen molar-refractivity contribution >= 4 is 39.1 Å². The van der Waals surface area contributed by atoms with Crippen LogP contribution in [0.2, 0.25) is 0 Å². The van der Waals surface area contributed by atoms with E-state index in [1.54, 1.807) is 28.9 Å². The van der Waals surface area contributed by atoms with Crippen molar-refractivity contribution in [3.8, 4) is 5.69 Å². The second kappa shape index (κ2) is 7.50. The first-order valence-corrected chi connectivity index (χ1v) is 9.85. The molecule has 6 nitrogen and oxygen atoms in total. The molecule has 0 atom stereocenters. The minimum Gasteiger partial charge on any atom is -0.293 e. The van der Waals surface area contributed by atoms with Gasteiger partial charge in [0.2, 0.25) is 5.65 Å². The largest absolute Gasteiger partial charge is 0.300 e. The molecule has 0 saturated heterocycles. The second-order valence-electron chi connectivity index (χ2n) is 5.70. The van der Waals surface area contributed by atoms with E-state index in [-0.39, 0.29) is 22.7 Å². The molecule has 0 N–H and O–H groups in total. The summed E-state index contributed by atoms with van der Waals surface area (Å²) in [5, 5.41) is 8.59. The fraction of sp³-hybridized carbons (Fsp3) is 0.0526. The topological polar surface area (TPSA) is 69.3 Å². The number of fused-ring (bicyclic) bond motifs is 1. The van der Waals surface area contributed by atoms with Gasteiger partial charge in [-0.15, -0.1) is 10.2 Å². The van der Waals surface area contributed by atoms with Gasteiger partial charge in [-0.2, -0.15) is 0 Å². The molecule has 0 spiro atoms. The normalized spacial score (nSPS) is 11.0. The summed E-state index contributed by atoms with van der Waals surface area (Å²) in [6.45, 7) is 0. The molecule has 4 aromatic rings. The van der Waals surface area contributed by atoms with Crippen molar-refractivity contribution in [2.24, 2.45) is 0 Å². The van der Waals surface area contributed by atoms with E-state index in [1.807, 2.05) is 42.5 Å². The number of halogens is 1. The summed E-state index contributed by atoms with van der Waals surface area (Å²) in [5.74, 6) is 0.200. The van der Waals surface area contributed by atoms with Gasteiger partial charge >= 0.3 is 5.56 Å². The quantitative estimate of drug-likeness (QED) is 0.350. The van der Waals surface area contributed by atoms with Crippen molar-refractivity contribution in [2.45, 2.75) is 5.16 Å². The maximum Gasteiger partial charge on any atom is 0.300 e. The summed E-state index contributed by atoms with van der Waals surface area (Å²) in [5.41, 5.74) is 1.35. The third-order valence-corrected chi connectivity index (χ3v) is 5.44. The standard InChI is InChI=1S/C19H13BrN4O2S/c20-14-8-6-13(7-9-14)16(25)12-27-19-22-21-17-18(26)23(10-11-24(17)19)15-4-2-1-3-5-15/h1-11H,12H2. The first-order valence-electron chi connectivity index (χ1n) is 8.07. The molecule has 0 aliphatic carbocycles. The van der Waals surface area contributed by atoms with Crippen LogP contribution in [0, 0.1) is 0 Å². The zero-order valence-corrected chi connectivity index (χ0v) is 16.4. The summed E-state index contributed by atoms with van der Waals surface area (Å²) in [6, 6.07) is 16.5. The van der Waals surface area contributed by atoms with Gasteiger partial charge < -0.3 is 0 Å². The summed E-state index contributed by atoms with van der Waals surface area (Å²) in [4.78, 5) is 25.0. The highest BCUT2D eigenvalue weighted by atomic mass is 79.9. The van der Waals surface area contributed by atoms with Gasteiger partial charge in [-0.1, -0.05) is 58.0 Å². The Morgan fingerprint density at radius 3 is 2.48 bits per heavy atom. The Balaban J connectivity index is 1.59. The van der Waals surface area contributed by atoms with Gasteiger partial charge in [0.05, 0.1) is 5.75 Å². The highest BCUT2D eigenvalue weighted by molar-refractivity contribution is 9.10. The molecule has 8 heteroatoms. The lowest BCUT2D eigenvalue weighted by Crippen LogP contribution is -2.20. The van der Waals surface area contributed by atoms with Crippen LogP contribution in [0.15, 0.2) is 81.4 Å². The molecule has 2 aromatic heterocycles. The summed E-state index contributed by atoms with van der Waals surface area (Å²) >= 11 is 4.61. The Morgan fingerprint density at radius 1 is 1.00 bits per heavy atom. The lowest BCUT2D eigenvalue weighted by atomic mass is 10.2. The van der Waals surface area contributed by atoms with Crippen molar-refractivity contribution in [1.29, 1.82) is 0 Å². The molecule has 0 radical (unpaired) electrons. The molecule has 27 heavy (non-hydrogen) atoms. The maximum absolute atomic E-state index is 12.7. The van der Waals surface area contributed by atoms with Crippen molar-refractivity contribution in [1.82, 2.24) is 19.2 Å². The van der Waals surface area contributed by atoms with Crippen LogP contribution in [0.5, 0.6) is 0 Å². The first-order chi connectivity index (χ1) is 13.1. The number of rotatable bonds is 5. The number of hydrogen-bond donors (Lipinski definition) is 0. The average molecular weight is 441 g/mol. The molecule has 0 aliphatic rings. The molecule has 0 fully saturated rings. The molecule has 0 amide bonds.